The van der Waals surface area contributed by atoms with E-state index in [1.54, 1.807) is 0 Å². The predicted octanol–water partition coefficient (Wildman–Crippen LogP) is 3.22. The second-order valence-corrected chi connectivity index (χ2v) is 8.84. The third-order valence-corrected chi connectivity index (χ3v) is 6.52. The summed E-state index contributed by atoms with van der Waals surface area (Å²) in [6.07, 6.45) is 4.64. The van der Waals surface area contributed by atoms with Gasteiger partial charge in [0.05, 0.1) is 0 Å². The maximum Gasteiger partial charge on any atom is 0.225 e. The summed E-state index contributed by atoms with van der Waals surface area (Å²) >= 11 is 0. The van der Waals surface area contributed by atoms with Crippen molar-refractivity contribution in [2.75, 3.05) is 52.9 Å². The van der Waals surface area contributed by atoms with Crippen molar-refractivity contribution < 1.29 is 4.79 Å². The Morgan fingerprint density at radius 1 is 1.16 bits per heavy atom. The zero-order valence-electron chi connectivity index (χ0n) is 19.4. The van der Waals surface area contributed by atoms with Gasteiger partial charge >= 0.3 is 0 Å². The van der Waals surface area contributed by atoms with Crippen molar-refractivity contribution in [2.45, 2.75) is 45.4 Å². The molecule has 1 saturated carbocycles. The van der Waals surface area contributed by atoms with E-state index < -0.39 is 0 Å². The molecule has 1 saturated heterocycles. The van der Waals surface area contributed by atoms with E-state index >= 15 is 0 Å². The predicted molar refractivity (Wildman–Crippen MR) is 139 cm³/mol. The van der Waals surface area contributed by atoms with Crippen molar-refractivity contribution >= 4 is 35.8 Å². The fraction of sp³-hybridized carbons (Fsp3) is 0.667. The van der Waals surface area contributed by atoms with Crippen molar-refractivity contribution in [3.05, 3.63) is 35.4 Å². The lowest BCUT2D eigenvalue weighted by Gasteiger charge is -2.36. The molecule has 1 amide bonds. The summed E-state index contributed by atoms with van der Waals surface area (Å²) in [6.45, 7) is 10.7. The van der Waals surface area contributed by atoms with E-state index in [1.807, 2.05) is 7.05 Å². The Hall–Kier alpha value is -1.35. The zero-order valence-corrected chi connectivity index (χ0v) is 21.7. The summed E-state index contributed by atoms with van der Waals surface area (Å²) in [5.74, 6) is 1.98. The van der Waals surface area contributed by atoms with Gasteiger partial charge in [-0.2, -0.15) is 0 Å². The van der Waals surface area contributed by atoms with Gasteiger partial charge in [-0.3, -0.25) is 14.7 Å². The molecule has 7 heteroatoms. The van der Waals surface area contributed by atoms with E-state index in [2.05, 4.69) is 63.5 Å². The van der Waals surface area contributed by atoms with Gasteiger partial charge < -0.3 is 15.5 Å². The van der Waals surface area contributed by atoms with Gasteiger partial charge in [0.1, 0.15) is 0 Å². The smallest absolute Gasteiger partial charge is 0.225 e. The van der Waals surface area contributed by atoms with Crippen LogP contribution in [0.15, 0.2) is 29.3 Å². The molecular formula is C24H40IN5O. The van der Waals surface area contributed by atoms with Gasteiger partial charge in [-0.05, 0) is 31.2 Å². The summed E-state index contributed by atoms with van der Waals surface area (Å²) in [6, 6.07) is 8.69. The number of hydrogen-bond donors (Lipinski definition) is 2. The van der Waals surface area contributed by atoms with Crippen LogP contribution in [0, 0.1) is 12.8 Å². The normalized spacial score (nSPS) is 19.1. The third kappa shape index (κ3) is 7.93. The van der Waals surface area contributed by atoms with Crippen LogP contribution in [0.2, 0.25) is 0 Å². The molecular weight excluding hydrogens is 501 g/mol. The summed E-state index contributed by atoms with van der Waals surface area (Å²) in [5.41, 5.74) is 2.65. The fourth-order valence-corrected chi connectivity index (χ4v) is 4.52. The van der Waals surface area contributed by atoms with Gasteiger partial charge in [0.15, 0.2) is 5.96 Å². The molecule has 1 heterocycles. The molecule has 0 radical (unpaired) electrons. The molecule has 1 unspecified atom stereocenters. The number of halogens is 1. The SMILES string of the molecule is CN=C(NCCN1CCN(C(=O)C2CCCC2)CC1)NCC(C)c1cccc(C)c1.I. The number of hydrogen-bond acceptors (Lipinski definition) is 3. The van der Waals surface area contributed by atoms with Gasteiger partial charge in [-0.15, -0.1) is 24.0 Å². The third-order valence-electron chi connectivity index (χ3n) is 6.52. The lowest BCUT2D eigenvalue weighted by atomic mass is 9.99. The summed E-state index contributed by atoms with van der Waals surface area (Å²) in [5, 5.41) is 6.88. The van der Waals surface area contributed by atoms with Crippen molar-refractivity contribution in [1.29, 1.82) is 0 Å². The molecule has 174 valence electrons. The Kier molecular flexibility index (Phi) is 11.1. The molecule has 0 aromatic heterocycles. The monoisotopic (exact) mass is 541 g/mol. The molecule has 2 aliphatic rings. The largest absolute Gasteiger partial charge is 0.356 e. The van der Waals surface area contributed by atoms with Crippen LogP contribution in [-0.4, -0.2) is 74.5 Å². The average molecular weight is 542 g/mol. The number of carbonyl (C=O) groups is 1. The molecule has 0 bridgehead atoms. The van der Waals surface area contributed by atoms with Crippen LogP contribution in [0.5, 0.6) is 0 Å². The van der Waals surface area contributed by atoms with Crippen LogP contribution in [0.25, 0.3) is 0 Å². The van der Waals surface area contributed by atoms with Crippen LogP contribution in [0.4, 0.5) is 0 Å². The molecule has 6 nitrogen and oxygen atoms in total. The first kappa shape index (κ1) is 25.9. The topological polar surface area (TPSA) is 60.0 Å². The number of aryl methyl sites for hydroxylation is 1. The number of carbonyl (C=O) groups excluding carboxylic acids is 1. The maximum absolute atomic E-state index is 12.6. The summed E-state index contributed by atoms with van der Waals surface area (Å²) in [4.78, 5) is 21.5. The van der Waals surface area contributed by atoms with E-state index in [0.29, 0.717) is 17.7 Å². The van der Waals surface area contributed by atoms with Crippen LogP contribution < -0.4 is 10.6 Å². The van der Waals surface area contributed by atoms with Crippen LogP contribution in [0.1, 0.15) is 49.7 Å². The van der Waals surface area contributed by atoms with E-state index in [9.17, 15) is 4.79 Å². The van der Waals surface area contributed by atoms with Gasteiger partial charge in [-0.25, -0.2) is 0 Å². The molecule has 1 aliphatic carbocycles. The Morgan fingerprint density at radius 3 is 2.52 bits per heavy atom. The number of amides is 1. The highest BCUT2D eigenvalue weighted by Crippen LogP contribution is 2.26. The van der Waals surface area contributed by atoms with Crippen molar-refractivity contribution in [3.8, 4) is 0 Å². The Bertz CT molecular complexity index is 712. The molecule has 1 aliphatic heterocycles. The average Bonchev–Trinajstić information content (AvgIpc) is 3.31. The van der Waals surface area contributed by atoms with Crippen LogP contribution in [0.3, 0.4) is 0 Å². The molecule has 3 rings (SSSR count). The number of rotatable bonds is 7. The van der Waals surface area contributed by atoms with Gasteiger partial charge in [0, 0.05) is 58.8 Å². The minimum atomic E-state index is 0. The molecule has 2 fully saturated rings. The minimum Gasteiger partial charge on any atom is -0.356 e. The standard InChI is InChI=1S/C24H39N5O.HI/c1-19-7-6-10-22(17-19)20(2)18-27-24(25-3)26-11-12-28-13-15-29(16-14-28)23(30)21-8-4-5-9-21;/h6-7,10,17,20-21H,4-5,8-9,11-16,18H2,1-3H3,(H2,25,26,27);1H. The highest BCUT2D eigenvalue weighted by Gasteiger charge is 2.29. The van der Waals surface area contributed by atoms with Crippen LogP contribution >= 0.6 is 24.0 Å². The number of nitrogens with zero attached hydrogens (tertiary/aromatic N) is 3. The minimum absolute atomic E-state index is 0. The second kappa shape index (κ2) is 13.3. The van der Waals surface area contributed by atoms with Crippen molar-refractivity contribution in [1.82, 2.24) is 20.4 Å². The van der Waals surface area contributed by atoms with Crippen molar-refractivity contribution in [2.24, 2.45) is 10.9 Å². The van der Waals surface area contributed by atoms with Crippen LogP contribution in [-0.2, 0) is 4.79 Å². The van der Waals surface area contributed by atoms with Gasteiger partial charge in [0.2, 0.25) is 5.91 Å². The number of benzene rings is 1. The number of piperazine rings is 1. The van der Waals surface area contributed by atoms with E-state index in [4.69, 9.17) is 0 Å². The highest BCUT2D eigenvalue weighted by molar-refractivity contribution is 14.0. The summed E-state index contributed by atoms with van der Waals surface area (Å²) < 4.78 is 0. The van der Waals surface area contributed by atoms with E-state index in [0.717, 1.165) is 64.6 Å². The van der Waals surface area contributed by atoms with Gasteiger partial charge in [0.25, 0.3) is 0 Å². The molecule has 1 aromatic carbocycles. The number of nitrogens with one attached hydrogen (secondary N) is 2. The Labute approximate surface area is 205 Å². The second-order valence-electron chi connectivity index (χ2n) is 8.84. The molecule has 0 spiro atoms. The van der Waals surface area contributed by atoms with E-state index in [1.165, 1.54) is 24.0 Å². The Morgan fingerprint density at radius 2 is 1.87 bits per heavy atom. The zero-order chi connectivity index (χ0) is 21.3. The number of guanidine groups is 1. The molecule has 2 N–H and O–H groups in total. The summed E-state index contributed by atoms with van der Waals surface area (Å²) in [7, 11) is 1.82. The van der Waals surface area contributed by atoms with Gasteiger partial charge in [-0.1, -0.05) is 49.6 Å². The lowest BCUT2D eigenvalue weighted by Crippen LogP contribution is -2.52. The molecule has 31 heavy (non-hydrogen) atoms. The van der Waals surface area contributed by atoms with E-state index in [-0.39, 0.29) is 24.0 Å². The first-order valence-electron chi connectivity index (χ1n) is 11.6. The first-order valence-corrected chi connectivity index (χ1v) is 11.6. The molecule has 1 atom stereocenters. The molecule has 1 aromatic rings. The highest BCUT2D eigenvalue weighted by atomic mass is 127. The number of aliphatic imine (C=N–C) groups is 1. The first-order chi connectivity index (χ1) is 14.6. The van der Waals surface area contributed by atoms with Crippen molar-refractivity contribution in [3.63, 3.8) is 0 Å². The quantitative estimate of drug-likeness (QED) is 0.316. The lowest BCUT2D eigenvalue weighted by molar-refractivity contribution is -0.137. The maximum atomic E-state index is 12.6. The fourth-order valence-electron chi connectivity index (χ4n) is 4.52. The Balaban J connectivity index is 0.00000341.